The Kier molecular flexibility index (Phi) is 6.85. The second-order valence-electron chi connectivity index (χ2n) is 8.46. The van der Waals surface area contributed by atoms with Crippen molar-refractivity contribution in [3.05, 3.63) is 120 Å². The Morgan fingerprint density at radius 2 is 0.941 bits per heavy atom. The molecule has 5 rings (SSSR count). The van der Waals surface area contributed by atoms with Crippen LogP contribution in [-0.2, 0) is 0 Å². The average Bonchev–Trinajstić information content (AvgIpc) is 3.07. The summed E-state index contributed by atoms with van der Waals surface area (Å²) in [6.07, 6.45) is 1.89. The molecule has 34 heavy (non-hydrogen) atoms. The standard InChI is InChI=1S/C30H30NO2P/c1-3-27(23-15-7-5-8-16-23)31(28(4-2)24-17-9-6-10-18-24)34-32-29-21-13-11-19-25(29)26-20-12-14-22-30(26)33-34/h5-22,27-28H,3-4H2,1-2H3/t27-,28-/m1/s1. The summed E-state index contributed by atoms with van der Waals surface area (Å²) >= 11 is 0. The molecule has 0 unspecified atom stereocenters. The molecule has 1 heterocycles. The van der Waals surface area contributed by atoms with E-state index in [1.807, 2.05) is 12.1 Å². The molecule has 0 spiro atoms. The quantitative estimate of drug-likeness (QED) is 0.239. The molecule has 172 valence electrons. The average molecular weight is 468 g/mol. The molecule has 0 aliphatic rings. The van der Waals surface area contributed by atoms with Crippen molar-refractivity contribution in [1.29, 1.82) is 0 Å². The lowest BCUT2D eigenvalue weighted by atomic mass is 9.99. The van der Waals surface area contributed by atoms with E-state index in [1.165, 1.54) is 11.1 Å². The van der Waals surface area contributed by atoms with Gasteiger partial charge < -0.3 is 8.39 Å². The Hall–Kier alpha value is -3.26. The summed E-state index contributed by atoms with van der Waals surface area (Å²) in [4.78, 5) is 0. The third-order valence-electron chi connectivity index (χ3n) is 6.39. The summed E-state index contributed by atoms with van der Waals surface area (Å²) in [5.74, 6) is 0. The van der Waals surface area contributed by atoms with E-state index in [0.29, 0.717) is 0 Å². The molecule has 1 aromatic heterocycles. The molecule has 0 amide bonds. The Balaban J connectivity index is 1.81. The first-order valence-electron chi connectivity index (χ1n) is 12.0. The van der Waals surface area contributed by atoms with Crippen molar-refractivity contribution in [2.75, 3.05) is 4.67 Å². The molecule has 4 heteroatoms. The second kappa shape index (κ2) is 10.3. The van der Waals surface area contributed by atoms with E-state index in [0.717, 1.165) is 34.8 Å². The predicted octanol–water partition coefficient (Wildman–Crippen LogP) is 9.53. The minimum absolute atomic E-state index is 0.148. The van der Waals surface area contributed by atoms with Gasteiger partial charge in [-0.25, -0.2) is 0 Å². The van der Waals surface area contributed by atoms with Gasteiger partial charge in [-0.2, -0.15) is 4.67 Å². The first-order valence-corrected chi connectivity index (χ1v) is 13.2. The summed E-state index contributed by atoms with van der Waals surface area (Å²) < 4.78 is 16.0. The molecule has 0 saturated carbocycles. The fourth-order valence-electron chi connectivity index (χ4n) is 4.76. The van der Waals surface area contributed by atoms with Crippen LogP contribution < -0.4 is 4.67 Å². The highest BCUT2D eigenvalue weighted by molar-refractivity contribution is 7.39. The van der Waals surface area contributed by atoms with Crippen LogP contribution in [0.5, 0.6) is 0 Å². The Morgan fingerprint density at radius 1 is 0.559 bits per heavy atom. The monoisotopic (exact) mass is 467 g/mol. The van der Waals surface area contributed by atoms with Gasteiger partial charge in [0.25, 0.3) is 0 Å². The minimum Gasteiger partial charge on any atom is -0.408 e. The Morgan fingerprint density at radius 3 is 1.35 bits per heavy atom. The van der Waals surface area contributed by atoms with E-state index in [1.54, 1.807) is 0 Å². The molecular formula is C30H30NO2P. The number of benzene rings is 4. The van der Waals surface area contributed by atoms with Crippen molar-refractivity contribution in [2.24, 2.45) is 0 Å². The smallest absolute Gasteiger partial charge is 0.310 e. The zero-order valence-electron chi connectivity index (χ0n) is 19.7. The molecule has 0 radical (unpaired) electrons. The van der Waals surface area contributed by atoms with Gasteiger partial charge in [0.1, 0.15) is 11.2 Å². The van der Waals surface area contributed by atoms with Gasteiger partial charge in [0, 0.05) is 22.9 Å². The van der Waals surface area contributed by atoms with Gasteiger partial charge in [0.15, 0.2) is 0 Å². The SMILES string of the molecule is CC[C@H](c1ccccc1)N([C@H](CC)c1ccccc1)p1oc2ccccc2c2ccccc2o1. The van der Waals surface area contributed by atoms with E-state index in [-0.39, 0.29) is 12.1 Å². The highest BCUT2D eigenvalue weighted by atomic mass is 31.1. The maximum atomic E-state index is 6.78. The van der Waals surface area contributed by atoms with Crippen LogP contribution in [0.3, 0.4) is 0 Å². The van der Waals surface area contributed by atoms with Crippen LogP contribution in [0.4, 0.5) is 0 Å². The van der Waals surface area contributed by atoms with Gasteiger partial charge >= 0.3 is 8.16 Å². The van der Waals surface area contributed by atoms with Gasteiger partial charge in [0.05, 0.1) is 0 Å². The van der Waals surface area contributed by atoms with Crippen molar-refractivity contribution in [1.82, 2.24) is 0 Å². The first-order chi connectivity index (χ1) is 16.8. The summed E-state index contributed by atoms with van der Waals surface area (Å²) in [5, 5.41) is 2.15. The lowest BCUT2D eigenvalue weighted by molar-refractivity contribution is 0.503. The lowest BCUT2D eigenvalue weighted by Crippen LogP contribution is -2.30. The molecule has 4 aromatic carbocycles. The van der Waals surface area contributed by atoms with E-state index >= 15 is 0 Å². The van der Waals surface area contributed by atoms with Crippen molar-refractivity contribution >= 4 is 30.1 Å². The van der Waals surface area contributed by atoms with Crippen LogP contribution in [0.1, 0.15) is 49.9 Å². The van der Waals surface area contributed by atoms with Crippen LogP contribution in [0.2, 0.25) is 0 Å². The van der Waals surface area contributed by atoms with Crippen molar-refractivity contribution in [2.45, 2.75) is 38.8 Å². The Labute approximate surface area is 202 Å². The lowest BCUT2D eigenvalue weighted by Gasteiger charge is -2.35. The van der Waals surface area contributed by atoms with Crippen LogP contribution in [0.15, 0.2) is 118 Å². The molecule has 0 bridgehead atoms. The zero-order valence-corrected chi connectivity index (χ0v) is 20.6. The number of fused-ring (bicyclic) bond motifs is 3. The molecule has 5 aromatic rings. The number of nitrogens with zero attached hydrogens (tertiary/aromatic N) is 1. The summed E-state index contributed by atoms with van der Waals surface area (Å²) in [7, 11) is -1.44. The molecule has 0 aliphatic carbocycles. The van der Waals surface area contributed by atoms with E-state index < -0.39 is 8.16 Å². The Bertz CT molecular complexity index is 1290. The molecular weight excluding hydrogens is 437 g/mol. The minimum atomic E-state index is -1.44. The predicted molar refractivity (Wildman–Crippen MR) is 143 cm³/mol. The fourth-order valence-corrected chi connectivity index (χ4v) is 6.69. The van der Waals surface area contributed by atoms with Crippen LogP contribution in [0.25, 0.3) is 21.9 Å². The van der Waals surface area contributed by atoms with Crippen LogP contribution in [-0.4, -0.2) is 0 Å². The number of rotatable bonds is 7. The van der Waals surface area contributed by atoms with E-state index in [4.69, 9.17) is 8.39 Å². The van der Waals surface area contributed by atoms with Gasteiger partial charge in [-0.1, -0.05) is 111 Å². The maximum absolute atomic E-state index is 6.78. The summed E-state index contributed by atoms with van der Waals surface area (Å²) in [6.45, 7) is 4.49. The van der Waals surface area contributed by atoms with Crippen LogP contribution in [0, 0.1) is 0 Å². The fraction of sp³-hybridized carbons (Fsp3) is 0.200. The van der Waals surface area contributed by atoms with Gasteiger partial charge in [-0.05, 0) is 36.1 Å². The highest BCUT2D eigenvalue weighted by Gasteiger charge is 2.32. The van der Waals surface area contributed by atoms with Gasteiger partial charge in [-0.3, -0.25) is 0 Å². The van der Waals surface area contributed by atoms with Gasteiger partial charge in [0.2, 0.25) is 0 Å². The molecule has 0 N–H and O–H groups in total. The number of hydrogen-bond acceptors (Lipinski definition) is 3. The van der Waals surface area contributed by atoms with Crippen molar-refractivity contribution < 1.29 is 8.39 Å². The molecule has 2 atom stereocenters. The van der Waals surface area contributed by atoms with Crippen molar-refractivity contribution in [3.63, 3.8) is 0 Å². The number of hydrogen-bond donors (Lipinski definition) is 0. The highest BCUT2D eigenvalue weighted by Crippen LogP contribution is 2.47. The molecule has 0 fully saturated rings. The third kappa shape index (κ3) is 4.42. The largest absolute Gasteiger partial charge is 0.408 e. The second-order valence-corrected chi connectivity index (χ2v) is 9.76. The first kappa shape index (κ1) is 22.5. The number of para-hydroxylation sites is 2. The van der Waals surface area contributed by atoms with E-state index in [2.05, 4.69) is 116 Å². The molecule has 0 aliphatic heterocycles. The van der Waals surface area contributed by atoms with Crippen molar-refractivity contribution in [3.8, 4) is 0 Å². The maximum Gasteiger partial charge on any atom is 0.310 e. The van der Waals surface area contributed by atoms with Crippen LogP contribution >= 0.6 is 8.16 Å². The summed E-state index contributed by atoms with van der Waals surface area (Å²) in [6, 6.07) is 38.3. The normalized spacial score (nSPS) is 13.3. The molecule has 3 nitrogen and oxygen atoms in total. The molecule has 0 saturated heterocycles. The topological polar surface area (TPSA) is 29.5 Å². The summed E-state index contributed by atoms with van der Waals surface area (Å²) in [5.41, 5.74) is 4.29. The van der Waals surface area contributed by atoms with E-state index in [9.17, 15) is 0 Å². The van der Waals surface area contributed by atoms with Gasteiger partial charge in [-0.15, -0.1) is 0 Å². The zero-order chi connectivity index (χ0) is 23.3. The third-order valence-corrected chi connectivity index (χ3v) is 8.03.